The quantitative estimate of drug-likeness (QED) is 0.145. The predicted molar refractivity (Wildman–Crippen MR) is 309 cm³/mol. The maximum atomic E-state index is 2.49. The van der Waals surface area contributed by atoms with E-state index >= 15 is 0 Å². The molecule has 73 heavy (non-hydrogen) atoms. The van der Waals surface area contributed by atoms with Crippen LogP contribution in [0.1, 0.15) is 48.6 Å². The topological polar surface area (TPSA) is 8.17 Å². The minimum Gasteiger partial charge on any atom is -0.309 e. The largest absolute Gasteiger partial charge is 0.309 e. The van der Waals surface area contributed by atoms with E-state index in [-0.39, 0.29) is 5.41 Å². The fourth-order valence-corrected chi connectivity index (χ4v) is 12.5. The highest BCUT2D eigenvalue weighted by Gasteiger charge is 2.46. The standard InChI is InChI=1S/C71H52N2/c1-70(2,3)49-35-37-52(38-36-49)72(69-45-47-20-10-11-25-54(47)56-26-13-15-30-61(56)69)67-43-41-55(57-27-12-14-29-60(57)67)48-34-42-68-63(44-48)62-31-17-19-33-66(62)73(68)53-39-40-59-58-28-16-18-32-64(58)71(65(59)46-53,50-21-6-4-7-22-50)51-23-8-5-9-24-51/h4-46H,1-3H3. The molecule has 0 unspecified atom stereocenters. The van der Waals surface area contributed by atoms with Crippen molar-refractivity contribution >= 4 is 71.2 Å². The monoisotopic (exact) mass is 932 g/mol. The molecule has 0 radical (unpaired) electrons. The lowest BCUT2D eigenvalue weighted by Gasteiger charge is -2.34. The molecular weight excluding hydrogens is 881 g/mol. The molecule has 12 aromatic carbocycles. The summed E-state index contributed by atoms with van der Waals surface area (Å²) in [4.78, 5) is 2.49. The van der Waals surface area contributed by atoms with Crippen LogP contribution in [0.3, 0.4) is 0 Å². The molecule has 2 heteroatoms. The third kappa shape index (κ3) is 6.57. The van der Waals surface area contributed by atoms with Crippen LogP contribution >= 0.6 is 0 Å². The van der Waals surface area contributed by atoms with Crippen molar-refractivity contribution in [3.8, 4) is 27.9 Å². The molecule has 0 spiro atoms. The maximum Gasteiger partial charge on any atom is 0.0714 e. The zero-order valence-corrected chi connectivity index (χ0v) is 41.2. The molecule has 0 amide bonds. The van der Waals surface area contributed by atoms with Crippen molar-refractivity contribution < 1.29 is 0 Å². The second-order valence-corrected chi connectivity index (χ2v) is 20.8. The van der Waals surface area contributed by atoms with Crippen molar-refractivity contribution in [3.63, 3.8) is 0 Å². The van der Waals surface area contributed by atoms with Crippen molar-refractivity contribution in [1.82, 2.24) is 4.57 Å². The Morgan fingerprint density at radius 1 is 0.356 bits per heavy atom. The minimum absolute atomic E-state index is 0.0328. The number of aromatic nitrogens is 1. The maximum absolute atomic E-state index is 2.49. The van der Waals surface area contributed by atoms with Crippen LogP contribution in [0.5, 0.6) is 0 Å². The SMILES string of the molecule is CC(C)(C)c1ccc(N(c2ccc(-c3ccc4c(c3)c3ccccc3n4-c3ccc4c(c3)C(c3ccccc3)(c3ccccc3)c3ccccc3-4)c3ccccc23)c2cc3ccccc3c3ccccc23)cc1. The fraction of sp³-hybridized carbons (Fsp3) is 0.0704. The molecule has 2 nitrogen and oxygen atoms in total. The second kappa shape index (κ2) is 16.6. The van der Waals surface area contributed by atoms with Crippen molar-refractivity contribution in [2.24, 2.45) is 0 Å². The molecule has 0 bridgehead atoms. The van der Waals surface area contributed by atoms with Crippen molar-refractivity contribution in [2.45, 2.75) is 31.6 Å². The number of fused-ring (bicyclic) bond motifs is 10. The molecule has 0 saturated carbocycles. The van der Waals surface area contributed by atoms with Crippen LogP contribution in [0.2, 0.25) is 0 Å². The van der Waals surface area contributed by atoms with E-state index in [0.717, 1.165) is 22.7 Å². The molecule has 1 aromatic heterocycles. The van der Waals surface area contributed by atoms with E-state index in [4.69, 9.17) is 0 Å². The Bertz CT molecular complexity index is 4250. The van der Waals surface area contributed by atoms with E-state index in [0.29, 0.717) is 0 Å². The highest BCUT2D eigenvalue weighted by atomic mass is 15.1. The summed E-state index contributed by atoms with van der Waals surface area (Å²) in [6.07, 6.45) is 0. The van der Waals surface area contributed by atoms with Gasteiger partial charge in [-0.1, -0.05) is 227 Å². The highest BCUT2D eigenvalue weighted by molar-refractivity contribution is 6.17. The summed E-state index contributed by atoms with van der Waals surface area (Å²) < 4.78 is 2.48. The molecule has 0 fully saturated rings. The van der Waals surface area contributed by atoms with Crippen LogP contribution in [0.25, 0.3) is 82.1 Å². The fourth-order valence-electron chi connectivity index (χ4n) is 12.5. The third-order valence-corrected chi connectivity index (χ3v) is 15.8. The Morgan fingerprint density at radius 3 is 1.64 bits per heavy atom. The molecule has 0 aliphatic heterocycles. The van der Waals surface area contributed by atoms with Crippen LogP contribution in [0.4, 0.5) is 17.1 Å². The molecular formula is C71H52N2. The summed E-state index contributed by atoms with van der Waals surface area (Å²) >= 11 is 0. The zero-order valence-electron chi connectivity index (χ0n) is 41.2. The van der Waals surface area contributed by atoms with Gasteiger partial charge in [0.1, 0.15) is 0 Å². The molecule has 0 atom stereocenters. The molecule has 0 saturated heterocycles. The predicted octanol–water partition coefficient (Wildman–Crippen LogP) is 19.0. The Morgan fingerprint density at radius 2 is 0.918 bits per heavy atom. The minimum atomic E-state index is -0.490. The van der Waals surface area contributed by atoms with E-state index in [1.54, 1.807) is 0 Å². The Balaban J connectivity index is 0.952. The Labute approximate surface area is 426 Å². The normalized spacial score (nSPS) is 13.0. The number of hydrogen-bond donors (Lipinski definition) is 0. The van der Waals surface area contributed by atoms with E-state index in [1.807, 2.05) is 0 Å². The van der Waals surface area contributed by atoms with Crippen LogP contribution in [0.15, 0.2) is 261 Å². The summed E-state index contributed by atoms with van der Waals surface area (Å²) in [5.74, 6) is 0. The number of anilines is 3. The number of para-hydroxylation sites is 1. The van der Waals surface area contributed by atoms with Crippen molar-refractivity contribution in [1.29, 1.82) is 0 Å². The summed E-state index contributed by atoms with van der Waals surface area (Å²) in [7, 11) is 0. The van der Waals surface area contributed by atoms with Gasteiger partial charge in [0.25, 0.3) is 0 Å². The third-order valence-electron chi connectivity index (χ3n) is 15.8. The van der Waals surface area contributed by atoms with Gasteiger partial charge in [-0.3, -0.25) is 0 Å². The first-order valence-electron chi connectivity index (χ1n) is 25.6. The smallest absolute Gasteiger partial charge is 0.0714 e. The van der Waals surface area contributed by atoms with Crippen LogP contribution in [-0.2, 0) is 10.8 Å². The lowest BCUT2D eigenvalue weighted by molar-refractivity contribution is 0.590. The molecule has 1 aliphatic carbocycles. The number of rotatable bonds is 7. The molecule has 1 heterocycles. The van der Waals surface area contributed by atoms with Gasteiger partial charge < -0.3 is 9.47 Å². The Kier molecular flexibility index (Phi) is 9.72. The van der Waals surface area contributed by atoms with Gasteiger partial charge in [-0.25, -0.2) is 0 Å². The summed E-state index contributed by atoms with van der Waals surface area (Å²) in [5.41, 5.74) is 17.9. The van der Waals surface area contributed by atoms with Gasteiger partial charge in [-0.05, 0) is 132 Å². The van der Waals surface area contributed by atoms with Crippen LogP contribution in [-0.4, -0.2) is 4.57 Å². The lowest BCUT2D eigenvalue weighted by Crippen LogP contribution is -2.28. The average molecular weight is 933 g/mol. The number of hydrogen-bond acceptors (Lipinski definition) is 1. The van der Waals surface area contributed by atoms with Gasteiger partial charge >= 0.3 is 0 Å². The van der Waals surface area contributed by atoms with Gasteiger partial charge in [0.05, 0.1) is 27.8 Å². The number of benzene rings is 12. The van der Waals surface area contributed by atoms with E-state index in [2.05, 4.69) is 291 Å². The van der Waals surface area contributed by atoms with Crippen molar-refractivity contribution in [3.05, 3.63) is 289 Å². The first-order chi connectivity index (χ1) is 35.9. The second-order valence-electron chi connectivity index (χ2n) is 20.8. The molecule has 346 valence electrons. The molecule has 0 N–H and O–H groups in total. The first kappa shape index (κ1) is 42.9. The average Bonchev–Trinajstić information content (AvgIpc) is 3.94. The van der Waals surface area contributed by atoms with E-state index in [1.165, 1.54) is 104 Å². The van der Waals surface area contributed by atoms with E-state index < -0.39 is 5.41 Å². The molecule has 14 rings (SSSR count). The summed E-state index contributed by atoms with van der Waals surface area (Å²) in [6, 6.07) is 97.3. The number of nitrogens with zero attached hydrogens (tertiary/aromatic N) is 2. The van der Waals surface area contributed by atoms with Gasteiger partial charge in [0.15, 0.2) is 0 Å². The summed E-state index contributed by atoms with van der Waals surface area (Å²) in [5, 5.41) is 9.81. The van der Waals surface area contributed by atoms with Gasteiger partial charge in [0.2, 0.25) is 0 Å². The van der Waals surface area contributed by atoms with E-state index in [9.17, 15) is 0 Å². The molecule has 1 aliphatic rings. The van der Waals surface area contributed by atoms with Gasteiger partial charge in [0, 0.05) is 32.9 Å². The highest BCUT2D eigenvalue weighted by Crippen LogP contribution is 2.57. The van der Waals surface area contributed by atoms with Crippen molar-refractivity contribution in [2.75, 3.05) is 4.90 Å². The van der Waals surface area contributed by atoms with Crippen LogP contribution in [0, 0.1) is 0 Å². The zero-order chi connectivity index (χ0) is 48.8. The lowest BCUT2D eigenvalue weighted by atomic mass is 9.67. The molecule has 13 aromatic rings. The van der Waals surface area contributed by atoms with Crippen LogP contribution < -0.4 is 4.90 Å². The van der Waals surface area contributed by atoms with Gasteiger partial charge in [-0.15, -0.1) is 0 Å². The first-order valence-corrected chi connectivity index (χ1v) is 25.6. The van der Waals surface area contributed by atoms with Gasteiger partial charge in [-0.2, -0.15) is 0 Å². The Hall–Kier alpha value is -8.98. The summed E-state index contributed by atoms with van der Waals surface area (Å²) in [6.45, 7) is 6.85.